The molecule has 3 rings (SSSR count). The van der Waals surface area contributed by atoms with Crippen molar-refractivity contribution in [2.24, 2.45) is 0 Å². The molecule has 1 aromatic carbocycles. The van der Waals surface area contributed by atoms with Crippen molar-refractivity contribution in [2.75, 3.05) is 13.1 Å². The minimum atomic E-state index is -3.41. The SMILES string of the molecule is O=S(=O)(c1ccc2nc(Cl)cnc2c1)N1CCCC1. The van der Waals surface area contributed by atoms with E-state index in [0.717, 1.165) is 12.8 Å². The molecule has 0 amide bonds. The Morgan fingerprint density at radius 2 is 1.89 bits per heavy atom. The Kier molecular flexibility index (Phi) is 3.16. The second kappa shape index (κ2) is 4.70. The Morgan fingerprint density at radius 1 is 1.16 bits per heavy atom. The number of rotatable bonds is 2. The van der Waals surface area contributed by atoms with E-state index >= 15 is 0 Å². The van der Waals surface area contributed by atoms with Gasteiger partial charge in [0.15, 0.2) is 0 Å². The minimum Gasteiger partial charge on any atom is -0.251 e. The molecule has 1 fully saturated rings. The number of benzene rings is 1. The van der Waals surface area contributed by atoms with E-state index in [2.05, 4.69) is 9.97 Å². The zero-order valence-corrected chi connectivity index (χ0v) is 11.7. The molecule has 0 saturated carbocycles. The van der Waals surface area contributed by atoms with Crippen LogP contribution in [0, 0.1) is 0 Å². The van der Waals surface area contributed by atoms with Crippen LogP contribution in [0.1, 0.15) is 12.8 Å². The number of aromatic nitrogens is 2. The Morgan fingerprint density at radius 3 is 2.63 bits per heavy atom. The predicted molar refractivity (Wildman–Crippen MR) is 72.5 cm³/mol. The van der Waals surface area contributed by atoms with Crippen molar-refractivity contribution in [3.8, 4) is 0 Å². The topological polar surface area (TPSA) is 63.2 Å². The first-order valence-corrected chi connectivity index (χ1v) is 7.82. The highest BCUT2D eigenvalue weighted by atomic mass is 35.5. The van der Waals surface area contributed by atoms with E-state index in [4.69, 9.17) is 11.6 Å². The van der Waals surface area contributed by atoms with Crippen molar-refractivity contribution in [3.63, 3.8) is 0 Å². The first-order valence-electron chi connectivity index (χ1n) is 6.00. The molecule has 7 heteroatoms. The van der Waals surface area contributed by atoms with E-state index in [0.29, 0.717) is 29.3 Å². The normalized spacial score (nSPS) is 17.1. The van der Waals surface area contributed by atoms with Crippen molar-refractivity contribution < 1.29 is 8.42 Å². The summed E-state index contributed by atoms with van der Waals surface area (Å²) in [4.78, 5) is 8.46. The maximum absolute atomic E-state index is 12.4. The van der Waals surface area contributed by atoms with Gasteiger partial charge in [0, 0.05) is 13.1 Å². The lowest BCUT2D eigenvalue weighted by molar-refractivity contribution is 0.477. The van der Waals surface area contributed by atoms with Crippen LogP contribution in [0.25, 0.3) is 11.0 Å². The van der Waals surface area contributed by atoms with Gasteiger partial charge in [-0.2, -0.15) is 4.31 Å². The van der Waals surface area contributed by atoms with Gasteiger partial charge in [0.1, 0.15) is 5.15 Å². The van der Waals surface area contributed by atoms with Crippen LogP contribution in [0.15, 0.2) is 29.3 Å². The number of hydrogen-bond donors (Lipinski definition) is 0. The van der Waals surface area contributed by atoms with Gasteiger partial charge in [-0.3, -0.25) is 4.98 Å². The number of hydrogen-bond acceptors (Lipinski definition) is 4. The first-order chi connectivity index (χ1) is 9.07. The summed E-state index contributed by atoms with van der Waals surface area (Å²) in [5.41, 5.74) is 1.12. The molecule has 1 aromatic heterocycles. The average Bonchev–Trinajstić information content (AvgIpc) is 2.92. The van der Waals surface area contributed by atoms with Gasteiger partial charge in [-0.25, -0.2) is 13.4 Å². The van der Waals surface area contributed by atoms with Gasteiger partial charge in [-0.05, 0) is 31.0 Å². The number of halogens is 1. The van der Waals surface area contributed by atoms with Crippen LogP contribution < -0.4 is 0 Å². The smallest absolute Gasteiger partial charge is 0.243 e. The second-order valence-corrected chi connectivity index (χ2v) is 6.78. The molecular formula is C12H12ClN3O2S. The lowest BCUT2D eigenvalue weighted by Gasteiger charge is -2.15. The summed E-state index contributed by atoms with van der Waals surface area (Å²) in [6, 6.07) is 4.74. The molecule has 19 heavy (non-hydrogen) atoms. The molecule has 1 aliphatic rings. The fraction of sp³-hybridized carbons (Fsp3) is 0.333. The predicted octanol–water partition coefficient (Wildman–Crippen LogP) is 2.07. The van der Waals surface area contributed by atoms with Gasteiger partial charge >= 0.3 is 0 Å². The van der Waals surface area contributed by atoms with Crippen LogP contribution in [0.3, 0.4) is 0 Å². The van der Waals surface area contributed by atoms with Crippen LogP contribution in [0.4, 0.5) is 0 Å². The third-order valence-corrected chi connectivity index (χ3v) is 5.26. The van der Waals surface area contributed by atoms with Crippen LogP contribution >= 0.6 is 11.6 Å². The maximum Gasteiger partial charge on any atom is 0.243 e. The lowest BCUT2D eigenvalue weighted by Crippen LogP contribution is -2.27. The fourth-order valence-electron chi connectivity index (χ4n) is 2.21. The van der Waals surface area contributed by atoms with E-state index < -0.39 is 10.0 Å². The number of sulfonamides is 1. The van der Waals surface area contributed by atoms with Gasteiger partial charge in [-0.15, -0.1) is 0 Å². The molecule has 0 radical (unpaired) electrons. The van der Waals surface area contributed by atoms with Gasteiger partial charge in [-0.1, -0.05) is 11.6 Å². The van der Waals surface area contributed by atoms with E-state index in [1.807, 2.05) is 0 Å². The summed E-state index contributed by atoms with van der Waals surface area (Å²) < 4.78 is 26.3. The fourth-order valence-corrected chi connectivity index (χ4v) is 3.88. The Labute approximate surface area is 116 Å². The summed E-state index contributed by atoms with van der Waals surface area (Å²) >= 11 is 5.75. The van der Waals surface area contributed by atoms with Gasteiger partial charge < -0.3 is 0 Å². The summed E-state index contributed by atoms with van der Waals surface area (Å²) in [5, 5.41) is 0.294. The van der Waals surface area contributed by atoms with Crippen LogP contribution in [-0.4, -0.2) is 35.8 Å². The second-order valence-electron chi connectivity index (χ2n) is 4.45. The molecule has 0 spiro atoms. The Balaban J connectivity index is 2.08. The van der Waals surface area contributed by atoms with Crippen LogP contribution in [0.2, 0.25) is 5.15 Å². The summed E-state index contributed by atoms with van der Waals surface area (Å²) in [5.74, 6) is 0. The van der Waals surface area contributed by atoms with E-state index in [1.165, 1.54) is 10.5 Å². The molecule has 2 heterocycles. The van der Waals surface area contributed by atoms with Crippen molar-refractivity contribution >= 4 is 32.7 Å². The quantitative estimate of drug-likeness (QED) is 0.851. The molecule has 0 N–H and O–H groups in total. The third-order valence-electron chi connectivity index (χ3n) is 3.19. The van der Waals surface area contributed by atoms with Crippen molar-refractivity contribution in [1.29, 1.82) is 0 Å². The molecule has 0 unspecified atom stereocenters. The summed E-state index contributed by atoms with van der Waals surface area (Å²) in [6.07, 6.45) is 3.25. The van der Waals surface area contributed by atoms with Crippen molar-refractivity contribution in [1.82, 2.24) is 14.3 Å². The molecule has 5 nitrogen and oxygen atoms in total. The minimum absolute atomic E-state index is 0.263. The molecule has 0 aliphatic carbocycles. The zero-order chi connectivity index (χ0) is 13.5. The average molecular weight is 298 g/mol. The van der Waals surface area contributed by atoms with Gasteiger partial charge in [0.2, 0.25) is 10.0 Å². The molecule has 0 atom stereocenters. The largest absolute Gasteiger partial charge is 0.251 e. The van der Waals surface area contributed by atoms with Crippen LogP contribution in [-0.2, 0) is 10.0 Å². The monoisotopic (exact) mass is 297 g/mol. The molecule has 1 saturated heterocycles. The van der Waals surface area contributed by atoms with Crippen LogP contribution in [0.5, 0.6) is 0 Å². The number of nitrogens with zero attached hydrogens (tertiary/aromatic N) is 3. The standard InChI is InChI=1S/C12H12ClN3O2S/c13-12-8-14-11-7-9(3-4-10(11)15-12)19(17,18)16-5-1-2-6-16/h3-4,7-8H,1-2,5-6H2. The van der Waals surface area contributed by atoms with E-state index in [9.17, 15) is 8.42 Å². The van der Waals surface area contributed by atoms with Crippen molar-refractivity contribution in [3.05, 3.63) is 29.5 Å². The molecular weight excluding hydrogens is 286 g/mol. The molecule has 1 aliphatic heterocycles. The highest BCUT2D eigenvalue weighted by Gasteiger charge is 2.27. The van der Waals surface area contributed by atoms with E-state index in [1.54, 1.807) is 18.2 Å². The third kappa shape index (κ3) is 2.31. The maximum atomic E-state index is 12.4. The Bertz CT molecular complexity index is 727. The van der Waals surface area contributed by atoms with Gasteiger partial charge in [0.25, 0.3) is 0 Å². The Hall–Kier alpha value is -1.24. The van der Waals surface area contributed by atoms with Gasteiger partial charge in [0.05, 0.1) is 22.1 Å². The number of fused-ring (bicyclic) bond motifs is 1. The first kappa shape index (κ1) is 12.8. The summed E-state index contributed by atoms with van der Waals surface area (Å²) in [6.45, 7) is 1.18. The van der Waals surface area contributed by atoms with E-state index in [-0.39, 0.29) is 4.90 Å². The van der Waals surface area contributed by atoms with Crippen molar-refractivity contribution in [2.45, 2.75) is 17.7 Å². The zero-order valence-electron chi connectivity index (χ0n) is 10.1. The highest BCUT2D eigenvalue weighted by Crippen LogP contribution is 2.23. The summed E-state index contributed by atoms with van der Waals surface area (Å²) in [7, 11) is -3.41. The molecule has 100 valence electrons. The molecule has 2 aromatic rings. The molecule has 0 bridgehead atoms. The highest BCUT2D eigenvalue weighted by molar-refractivity contribution is 7.89. The lowest BCUT2D eigenvalue weighted by atomic mass is 10.3.